The lowest BCUT2D eigenvalue weighted by atomic mass is 9.93. The molecule has 0 aromatic heterocycles. The molecule has 2 aromatic rings. The van der Waals surface area contributed by atoms with Crippen molar-refractivity contribution < 1.29 is 51.0 Å². The number of likely N-dealkylation sites (tertiary alicyclic amines) is 1. The Kier molecular flexibility index (Phi) is 15.2. The largest absolute Gasteiger partial charge is 0.444 e. The zero-order chi connectivity index (χ0) is 48.1. The van der Waals surface area contributed by atoms with E-state index in [2.05, 4.69) is 27.3 Å². The Morgan fingerprint density at radius 3 is 2.39 bits per heavy atom. The topological polar surface area (TPSA) is 213 Å². The number of para-hydroxylation sites is 1. The number of benzene rings is 2. The Hall–Kier alpha value is -5.72. The molecular formula is C48H64FN7O10S. The highest BCUT2D eigenvalue weighted by molar-refractivity contribution is 7.90. The van der Waals surface area contributed by atoms with Crippen molar-refractivity contribution in [1.82, 2.24) is 30.1 Å². The summed E-state index contributed by atoms with van der Waals surface area (Å²) in [5, 5.41) is 9.06. The fourth-order valence-electron chi connectivity index (χ4n) is 9.60. The molecule has 0 bridgehead atoms. The summed E-state index contributed by atoms with van der Waals surface area (Å²) in [4.78, 5) is 87.2. The summed E-state index contributed by atoms with van der Waals surface area (Å²) in [5.74, 6) is -3.52. The summed E-state index contributed by atoms with van der Waals surface area (Å²) < 4.78 is 55.8. The number of amides is 6. The van der Waals surface area contributed by atoms with Gasteiger partial charge >= 0.3 is 12.2 Å². The lowest BCUT2D eigenvalue weighted by molar-refractivity contribution is -0.140. The van der Waals surface area contributed by atoms with E-state index in [0.29, 0.717) is 62.1 Å². The second-order valence-corrected chi connectivity index (χ2v) is 21.2. The number of piperidine rings is 1. The molecular weight excluding hydrogens is 886 g/mol. The van der Waals surface area contributed by atoms with Gasteiger partial charge in [0.1, 0.15) is 34.0 Å². The summed E-state index contributed by atoms with van der Waals surface area (Å²) >= 11 is 0. The maximum Gasteiger partial charge on any atom is 0.410 e. The van der Waals surface area contributed by atoms with Crippen LogP contribution in [0.1, 0.15) is 109 Å². The van der Waals surface area contributed by atoms with Crippen LogP contribution in [0.5, 0.6) is 0 Å². The first-order valence-electron chi connectivity index (χ1n) is 23.5. The molecule has 6 amide bonds. The molecule has 7 rings (SSSR count). The summed E-state index contributed by atoms with van der Waals surface area (Å²) in [6.45, 7) is 10.5. The standard InChI is InChI=1S/C48H64FN7O10S/c1-5-33-27-48(33)44(60)53-67(63,64)40-18-11-10-17-38(40)50-21-12-8-6-7-9-15-34(51-41(57)24-31-19-22-54(23-20-31)46(62)66-47(2,3)4)25-42(58)56-29-35(26-39(56)43(59)52-48)65-45(61)55-28-32-14-13-16-37(49)36(32)30-55/h5,10-11,13-14,16-18,31,33-35,39,50H,1,6-9,12,15,19-30H2,2-4H3,(H,51,57)(H,52,59)(H,53,60)/t33-,34?,35+,39-,48-/m0/s1. The second kappa shape index (κ2) is 20.7. The Bertz CT molecular complexity index is 2330. The van der Waals surface area contributed by atoms with Gasteiger partial charge in [-0.2, -0.15) is 0 Å². The van der Waals surface area contributed by atoms with Crippen LogP contribution in [0.2, 0.25) is 0 Å². The Labute approximate surface area is 392 Å². The molecule has 2 saturated heterocycles. The van der Waals surface area contributed by atoms with Crippen LogP contribution in [-0.4, -0.2) is 114 Å². The zero-order valence-electron chi connectivity index (χ0n) is 38.7. The summed E-state index contributed by atoms with van der Waals surface area (Å²) in [6, 6.07) is 9.00. The van der Waals surface area contributed by atoms with Crippen molar-refractivity contribution in [3.63, 3.8) is 0 Å². The van der Waals surface area contributed by atoms with Crippen molar-refractivity contribution in [2.45, 2.75) is 145 Å². The fraction of sp³-hybridized carbons (Fsp3) is 0.583. The van der Waals surface area contributed by atoms with Crippen LogP contribution in [0.4, 0.5) is 19.7 Å². The normalized spacial score (nSPS) is 26.4. The van der Waals surface area contributed by atoms with E-state index < -0.39 is 74.9 Å². The third-order valence-electron chi connectivity index (χ3n) is 13.4. The van der Waals surface area contributed by atoms with E-state index >= 15 is 0 Å². The minimum Gasteiger partial charge on any atom is -0.444 e. The molecule has 19 heteroatoms. The van der Waals surface area contributed by atoms with Gasteiger partial charge in [-0.15, -0.1) is 6.58 Å². The molecule has 5 atom stereocenters. The van der Waals surface area contributed by atoms with Crippen LogP contribution in [0.25, 0.3) is 0 Å². The lowest BCUT2D eigenvalue weighted by Crippen LogP contribution is -2.56. The van der Waals surface area contributed by atoms with Crippen LogP contribution in [0.15, 0.2) is 60.0 Å². The zero-order valence-corrected chi connectivity index (χ0v) is 39.5. The monoisotopic (exact) mass is 949 g/mol. The van der Waals surface area contributed by atoms with Gasteiger partial charge in [0.2, 0.25) is 17.7 Å². The highest BCUT2D eigenvalue weighted by Crippen LogP contribution is 2.45. The molecule has 4 aliphatic heterocycles. The minimum atomic E-state index is -4.43. The number of nitrogens with one attached hydrogen (secondary N) is 4. The number of hydrogen-bond acceptors (Lipinski definition) is 11. The van der Waals surface area contributed by atoms with E-state index in [9.17, 15) is 41.6 Å². The number of ether oxygens (including phenoxy) is 2. The van der Waals surface area contributed by atoms with Crippen molar-refractivity contribution in [3.8, 4) is 0 Å². The predicted molar refractivity (Wildman–Crippen MR) is 245 cm³/mol. The Morgan fingerprint density at radius 2 is 1.67 bits per heavy atom. The third-order valence-corrected chi connectivity index (χ3v) is 14.8. The van der Waals surface area contributed by atoms with Crippen molar-refractivity contribution in [2.24, 2.45) is 11.8 Å². The molecule has 67 heavy (non-hydrogen) atoms. The SMILES string of the molecule is C=C[C@H]1C[C@]12NC(=O)[C@@H]1C[C@@H](OC(=O)N3Cc4cccc(F)c4C3)CN1C(=O)CC(NC(=O)CC1CCN(C(=O)OC(C)(C)C)CC1)CCCCCCCNc1ccccc1S(=O)(=O)NC2=O. The number of nitrogens with zero attached hydrogens (tertiary/aromatic N) is 3. The first kappa shape index (κ1) is 49.2. The first-order valence-corrected chi connectivity index (χ1v) is 25.0. The van der Waals surface area contributed by atoms with E-state index in [1.54, 1.807) is 35.2 Å². The maximum absolute atomic E-state index is 14.6. The van der Waals surface area contributed by atoms with Gasteiger partial charge in [0, 0.05) is 63.0 Å². The van der Waals surface area contributed by atoms with Crippen molar-refractivity contribution in [2.75, 3.05) is 31.5 Å². The quantitative estimate of drug-likeness (QED) is 0.275. The number of halogens is 1. The van der Waals surface area contributed by atoms with E-state index in [1.165, 1.54) is 28.0 Å². The molecule has 364 valence electrons. The molecule has 4 N–H and O–H groups in total. The number of carbonyl (C=O) groups excluding carboxylic acids is 6. The molecule has 17 nitrogen and oxygen atoms in total. The highest BCUT2D eigenvalue weighted by Gasteiger charge is 2.61. The average Bonchev–Trinajstić information content (AvgIpc) is 3.55. The lowest BCUT2D eigenvalue weighted by Gasteiger charge is -2.33. The van der Waals surface area contributed by atoms with E-state index in [-0.39, 0.29) is 68.1 Å². The Balaban J connectivity index is 1.10. The van der Waals surface area contributed by atoms with Gasteiger partial charge in [0.25, 0.3) is 15.9 Å². The van der Waals surface area contributed by atoms with Crippen LogP contribution in [0, 0.1) is 17.7 Å². The molecule has 1 spiro atoms. The van der Waals surface area contributed by atoms with Crippen molar-refractivity contribution in [1.29, 1.82) is 0 Å². The van der Waals surface area contributed by atoms with Crippen molar-refractivity contribution in [3.05, 3.63) is 72.1 Å². The smallest absolute Gasteiger partial charge is 0.410 e. The number of fused-ring (bicyclic) bond motifs is 3. The van der Waals surface area contributed by atoms with Gasteiger partial charge in [-0.25, -0.2) is 27.1 Å². The highest BCUT2D eigenvalue weighted by atomic mass is 32.2. The number of hydrogen-bond donors (Lipinski definition) is 4. The molecule has 1 aliphatic carbocycles. The van der Waals surface area contributed by atoms with E-state index in [0.717, 1.165) is 25.7 Å². The minimum absolute atomic E-state index is 0.00923. The van der Waals surface area contributed by atoms with Gasteiger partial charge in [-0.1, -0.05) is 56.0 Å². The van der Waals surface area contributed by atoms with Crippen LogP contribution in [0.3, 0.4) is 0 Å². The Morgan fingerprint density at radius 1 is 0.940 bits per heavy atom. The third kappa shape index (κ3) is 12.1. The number of sulfonamides is 1. The van der Waals surface area contributed by atoms with Gasteiger partial charge in [-0.3, -0.25) is 24.1 Å². The molecule has 0 radical (unpaired) electrons. The van der Waals surface area contributed by atoms with Crippen LogP contribution < -0.4 is 20.7 Å². The molecule has 3 fully saturated rings. The summed E-state index contributed by atoms with van der Waals surface area (Å²) in [6.07, 6.45) is 4.82. The first-order chi connectivity index (χ1) is 31.9. The average molecular weight is 950 g/mol. The van der Waals surface area contributed by atoms with Gasteiger partial charge in [-0.05, 0) is 82.6 Å². The number of rotatable bonds is 5. The number of carbonyl (C=O) groups is 6. The van der Waals surface area contributed by atoms with Crippen molar-refractivity contribution >= 4 is 51.5 Å². The fourth-order valence-corrected chi connectivity index (χ4v) is 10.8. The molecule has 4 heterocycles. The molecule has 1 saturated carbocycles. The van der Waals surface area contributed by atoms with Gasteiger partial charge in [0.15, 0.2) is 0 Å². The van der Waals surface area contributed by atoms with Crippen LogP contribution in [-0.2, 0) is 51.8 Å². The molecule has 1 unspecified atom stereocenters. The summed E-state index contributed by atoms with van der Waals surface area (Å²) in [5.41, 5.74) is -0.997. The second-order valence-electron chi connectivity index (χ2n) is 19.5. The molecule has 2 aromatic carbocycles. The number of anilines is 1. The van der Waals surface area contributed by atoms with Crippen LogP contribution >= 0.6 is 0 Å². The molecule has 5 aliphatic rings. The van der Waals surface area contributed by atoms with E-state index in [4.69, 9.17) is 9.47 Å². The van der Waals surface area contributed by atoms with Gasteiger partial charge in [0.05, 0.1) is 18.8 Å². The maximum atomic E-state index is 14.6. The van der Waals surface area contributed by atoms with E-state index in [1.807, 2.05) is 20.8 Å². The van der Waals surface area contributed by atoms with Gasteiger partial charge < -0.3 is 35.2 Å². The summed E-state index contributed by atoms with van der Waals surface area (Å²) in [7, 11) is -4.43. The predicted octanol–water partition coefficient (Wildman–Crippen LogP) is 5.49.